The Morgan fingerprint density at radius 2 is 2.03 bits per heavy atom. The van der Waals surface area contributed by atoms with Gasteiger partial charge in [-0.15, -0.1) is 0 Å². The van der Waals surface area contributed by atoms with E-state index in [1.807, 2.05) is 0 Å². The molecular weight excluding hydrogens is 441 g/mol. The molecule has 0 atom stereocenters. The Morgan fingerprint density at radius 1 is 1.19 bits per heavy atom. The van der Waals surface area contributed by atoms with Crippen LogP contribution in [0, 0.1) is 5.82 Å². The summed E-state index contributed by atoms with van der Waals surface area (Å²) >= 11 is 5.87. The Labute approximate surface area is 188 Å². The highest BCUT2D eigenvalue weighted by Crippen LogP contribution is 2.35. The predicted octanol–water partition coefficient (Wildman–Crippen LogP) is 3.43. The lowest BCUT2D eigenvalue weighted by atomic mass is 10.2. The number of hydrogen-bond donors (Lipinski definition) is 4. The Balaban J connectivity index is 1.69. The van der Waals surface area contributed by atoms with Crippen LogP contribution in [0.2, 0.25) is 5.02 Å². The van der Waals surface area contributed by atoms with E-state index in [9.17, 15) is 9.18 Å². The van der Waals surface area contributed by atoms with Gasteiger partial charge < -0.3 is 20.1 Å². The zero-order valence-corrected chi connectivity index (χ0v) is 18.1. The monoisotopic (exact) mass is 463 g/mol. The van der Waals surface area contributed by atoms with Crippen molar-refractivity contribution in [1.82, 2.24) is 20.8 Å². The zero-order chi connectivity index (χ0) is 22.9. The second kappa shape index (κ2) is 11.4. The average molecular weight is 464 g/mol. The van der Waals surface area contributed by atoms with Gasteiger partial charge in [-0.2, -0.15) is 0 Å². The summed E-state index contributed by atoms with van der Waals surface area (Å²) in [5, 5.41) is 15.4. The van der Waals surface area contributed by atoms with Crippen molar-refractivity contribution in [3.63, 3.8) is 0 Å². The molecule has 0 aliphatic heterocycles. The molecule has 9 nitrogen and oxygen atoms in total. The van der Waals surface area contributed by atoms with Crippen molar-refractivity contribution in [1.29, 1.82) is 0 Å². The fourth-order valence-corrected chi connectivity index (χ4v) is 3.12. The average Bonchev–Trinajstić information content (AvgIpc) is 2.80. The van der Waals surface area contributed by atoms with Crippen molar-refractivity contribution >= 4 is 39.9 Å². The quantitative estimate of drug-likeness (QED) is 0.194. The number of anilines is 2. The Bertz CT molecular complexity index is 1090. The van der Waals surface area contributed by atoms with Crippen molar-refractivity contribution in [3.05, 3.63) is 47.5 Å². The summed E-state index contributed by atoms with van der Waals surface area (Å²) in [6.45, 7) is 1.51. The number of halogens is 2. The molecule has 1 aromatic heterocycles. The van der Waals surface area contributed by atoms with Crippen LogP contribution in [-0.2, 0) is 4.79 Å². The number of aromatic nitrogens is 2. The predicted molar refractivity (Wildman–Crippen MR) is 118 cm³/mol. The SMILES string of the molecule is COc1cc2ncnc(Nc3ccc(F)c(Cl)c3)c2cc1OCCNCCCC(=O)NO. The smallest absolute Gasteiger partial charge is 0.243 e. The Morgan fingerprint density at radius 3 is 2.78 bits per heavy atom. The molecule has 2 aromatic carbocycles. The summed E-state index contributed by atoms with van der Waals surface area (Å²) in [6, 6.07) is 7.83. The summed E-state index contributed by atoms with van der Waals surface area (Å²) < 4.78 is 24.7. The Kier molecular flexibility index (Phi) is 8.37. The number of nitrogens with zero attached hydrogens (tertiary/aromatic N) is 2. The maximum atomic E-state index is 13.4. The molecule has 11 heteroatoms. The van der Waals surface area contributed by atoms with E-state index >= 15 is 0 Å². The number of rotatable bonds is 11. The molecule has 0 spiro atoms. The lowest BCUT2D eigenvalue weighted by Crippen LogP contribution is -2.24. The highest BCUT2D eigenvalue weighted by Gasteiger charge is 2.12. The first-order valence-corrected chi connectivity index (χ1v) is 10.2. The van der Waals surface area contributed by atoms with Crippen LogP contribution < -0.4 is 25.6 Å². The minimum Gasteiger partial charge on any atom is -0.493 e. The van der Waals surface area contributed by atoms with Gasteiger partial charge in [0.15, 0.2) is 11.5 Å². The van der Waals surface area contributed by atoms with Gasteiger partial charge in [0.2, 0.25) is 5.91 Å². The van der Waals surface area contributed by atoms with Gasteiger partial charge >= 0.3 is 0 Å². The summed E-state index contributed by atoms with van der Waals surface area (Å²) in [5.74, 6) is 0.613. The van der Waals surface area contributed by atoms with Crippen LogP contribution in [0.1, 0.15) is 12.8 Å². The molecule has 170 valence electrons. The van der Waals surface area contributed by atoms with E-state index in [0.29, 0.717) is 60.0 Å². The molecule has 0 saturated heterocycles. The normalized spacial score (nSPS) is 10.8. The van der Waals surface area contributed by atoms with Crippen molar-refractivity contribution in [2.45, 2.75) is 12.8 Å². The van der Waals surface area contributed by atoms with E-state index < -0.39 is 11.7 Å². The summed E-state index contributed by atoms with van der Waals surface area (Å²) in [7, 11) is 1.54. The molecule has 3 aromatic rings. The summed E-state index contributed by atoms with van der Waals surface area (Å²) in [5.41, 5.74) is 2.81. The second-order valence-electron chi connectivity index (χ2n) is 6.73. The van der Waals surface area contributed by atoms with Gasteiger partial charge in [0.25, 0.3) is 0 Å². The third-order valence-corrected chi connectivity index (χ3v) is 4.81. The topological polar surface area (TPSA) is 118 Å². The second-order valence-corrected chi connectivity index (χ2v) is 7.14. The third-order valence-electron chi connectivity index (χ3n) is 4.52. The van der Waals surface area contributed by atoms with E-state index in [-0.39, 0.29) is 11.4 Å². The molecule has 0 fully saturated rings. The lowest BCUT2D eigenvalue weighted by Gasteiger charge is -2.14. The van der Waals surface area contributed by atoms with Crippen LogP contribution in [0.3, 0.4) is 0 Å². The van der Waals surface area contributed by atoms with E-state index in [2.05, 4.69) is 20.6 Å². The lowest BCUT2D eigenvalue weighted by molar-refractivity contribution is -0.129. The number of methoxy groups -OCH3 is 1. The first-order valence-electron chi connectivity index (χ1n) is 9.83. The van der Waals surface area contributed by atoms with E-state index in [0.717, 1.165) is 0 Å². The summed E-state index contributed by atoms with van der Waals surface area (Å²) in [6.07, 6.45) is 2.24. The van der Waals surface area contributed by atoms with Crippen molar-refractivity contribution in [2.75, 3.05) is 32.1 Å². The van der Waals surface area contributed by atoms with Crippen molar-refractivity contribution < 1.29 is 23.9 Å². The maximum Gasteiger partial charge on any atom is 0.243 e. The number of carbonyl (C=O) groups is 1. The van der Waals surface area contributed by atoms with Crippen LogP contribution >= 0.6 is 11.6 Å². The fourth-order valence-electron chi connectivity index (χ4n) is 2.93. The van der Waals surface area contributed by atoms with Gasteiger partial charge in [-0.3, -0.25) is 10.0 Å². The molecular formula is C21H23ClFN5O4. The third kappa shape index (κ3) is 6.16. The highest BCUT2D eigenvalue weighted by molar-refractivity contribution is 6.31. The Hall–Kier alpha value is -3.21. The van der Waals surface area contributed by atoms with Gasteiger partial charge in [0.1, 0.15) is 24.6 Å². The zero-order valence-electron chi connectivity index (χ0n) is 17.3. The largest absolute Gasteiger partial charge is 0.493 e. The molecule has 1 heterocycles. The first kappa shape index (κ1) is 23.5. The fraction of sp³-hybridized carbons (Fsp3) is 0.286. The number of benzene rings is 2. The molecule has 0 radical (unpaired) electrons. The minimum atomic E-state index is -0.504. The molecule has 0 aliphatic rings. The molecule has 0 saturated carbocycles. The van der Waals surface area contributed by atoms with Crippen LogP contribution in [0.5, 0.6) is 11.5 Å². The van der Waals surface area contributed by atoms with Gasteiger partial charge in [0.05, 0.1) is 17.6 Å². The summed E-state index contributed by atoms with van der Waals surface area (Å²) in [4.78, 5) is 19.5. The van der Waals surface area contributed by atoms with Gasteiger partial charge in [-0.05, 0) is 37.2 Å². The van der Waals surface area contributed by atoms with Crippen LogP contribution in [0.15, 0.2) is 36.7 Å². The van der Waals surface area contributed by atoms with E-state index in [1.165, 1.54) is 18.5 Å². The van der Waals surface area contributed by atoms with Crippen molar-refractivity contribution in [2.24, 2.45) is 0 Å². The molecule has 4 N–H and O–H groups in total. The van der Waals surface area contributed by atoms with Gasteiger partial charge in [-0.25, -0.2) is 19.8 Å². The van der Waals surface area contributed by atoms with E-state index in [4.69, 9.17) is 26.3 Å². The number of amides is 1. The van der Waals surface area contributed by atoms with Crippen molar-refractivity contribution in [3.8, 4) is 11.5 Å². The minimum absolute atomic E-state index is 0.00328. The number of fused-ring (bicyclic) bond motifs is 1. The van der Waals surface area contributed by atoms with Gasteiger partial charge in [-0.1, -0.05) is 11.6 Å². The van der Waals surface area contributed by atoms with Crippen LogP contribution in [0.4, 0.5) is 15.9 Å². The maximum absolute atomic E-state index is 13.4. The molecule has 3 rings (SSSR count). The molecule has 0 unspecified atom stereocenters. The van der Waals surface area contributed by atoms with Crippen LogP contribution in [0.25, 0.3) is 10.9 Å². The standard InChI is InChI=1S/C21H23ClFN5O4/c1-31-18-11-17-14(10-19(18)32-8-7-24-6-2-3-20(29)28-30)21(26-12-25-17)27-13-4-5-16(23)15(22)9-13/h4-5,9-12,24,30H,2-3,6-8H2,1H3,(H,28,29)(H,25,26,27). The molecule has 32 heavy (non-hydrogen) atoms. The number of carbonyl (C=O) groups excluding carboxylic acids is 1. The van der Waals surface area contributed by atoms with Gasteiger partial charge in [0, 0.05) is 30.1 Å². The van der Waals surface area contributed by atoms with E-state index in [1.54, 1.807) is 30.8 Å². The highest BCUT2D eigenvalue weighted by atomic mass is 35.5. The number of hydroxylamine groups is 1. The molecule has 0 bridgehead atoms. The van der Waals surface area contributed by atoms with Crippen LogP contribution in [-0.4, -0.2) is 47.9 Å². The first-order chi connectivity index (χ1) is 15.5. The molecule has 0 aliphatic carbocycles. The number of hydrogen-bond acceptors (Lipinski definition) is 8. The molecule has 1 amide bonds. The number of nitrogens with one attached hydrogen (secondary N) is 3. The number of ether oxygens (including phenoxy) is 2.